The van der Waals surface area contributed by atoms with Crippen LogP contribution in [0.3, 0.4) is 0 Å². The third-order valence-electron chi connectivity index (χ3n) is 4.12. The highest BCUT2D eigenvalue weighted by molar-refractivity contribution is 6.04. The second-order valence-corrected chi connectivity index (χ2v) is 5.84. The summed E-state index contributed by atoms with van der Waals surface area (Å²) in [6.45, 7) is 1.91. The van der Waals surface area contributed by atoms with Gasteiger partial charge in [0.25, 0.3) is 5.56 Å². The van der Waals surface area contributed by atoms with E-state index in [0.717, 1.165) is 0 Å². The Bertz CT molecular complexity index is 1070. The van der Waals surface area contributed by atoms with Crippen LogP contribution in [0.15, 0.2) is 59.5 Å². The first-order chi connectivity index (χ1) is 13.5. The van der Waals surface area contributed by atoms with E-state index in [9.17, 15) is 14.4 Å². The van der Waals surface area contributed by atoms with Crippen LogP contribution in [0.4, 0.5) is 0 Å². The molecular weight excluding hydrogens is 362 g/mol. The van der Waals surface area contributed by atoms with Gasteiger partial charge in [-0.1, -0.05) is 18.2 Å². The zero-order valence-corrected chi connectivity index (χ0v) is 15.5. The molecule has 0 atom stereocenters. The lowest BCUT2D eigenvalue weighted by molar-refractivity contribution is -0.144. The zero-order valence-electron chi connectivity index (χ0n) is 15.5. The van der Waals surface area contributed by atoms with Crippen molar-refractivity contribution in [3.05, 3.63) is 70.6 Å². The maximum Gasteiger partial charge on any atom is 0.344 e. The van der Waals surface area contributed by atoms with Gasteiger partial charge in [-0.15, -0.1) is 0 Å². The summed E-state index contributed by atoms with van der Waals surface area (Å²) >= 11 is 0. The molecule has 3 aromatic rings. The second kappa shape index (κ2) is 8.39. The van der Waals surface area contributed by atoms with Gasteiger partial charge in [-0.2, -0.15) is 0 Å². The number of hydrogen-bond acceptors (Lipinski definition) is 6. The largest absolute Gasteiger partial charge is 0.494 e. The summed E-state index contributed by atoms with van der Waals surface area (Å²) < 4.78 is 16.3. The van der Waals surface area contributed by atoms with Crippen molar-refractivity contribution in [2.24, 2.45) is 0 Å². The Kier molecular flexibility index (Phi) is 5.74. The molecule has 0 aliphatic heterocycles. The van der Waals surface area contributed by atoms with Gasteiger partial charge in [0.05, 0.1) is 19.3 Å². The van der Waals surface area contributed by atoms with Gasteiger partial charge in [-0.25, -0.2) is 9.59 Å². The molecule has 7 nitrogen and oxygen atoms in total. The number of carbonyl (C=O) groups is 2. The summed E-state index contributed by atoms with van der Waals surface area (Å²) in [6.07, 6.45) is 1.42. The number of ether oxygens (including phenoxy) is 3. The molecular formula is C21H19NO6. The summed E-state index contributed by atoms with van der Waals surface area (Å²) in [6, 6.07) is 13.7. The normalized spacial score (nSPS) is 10.5. The number of pyridine rings is 1. The smallest absolute Gasteiger partial charge is 0.344 e. The molecule has 2 aromatic carbocycles. The molecule has 3 rings (SSSR count). The van der Waals surface area contributed by atoms with Crippen LogP contribution in [0.1, 0.15) is 17.3 Å². The van der Waals surface area contributed by atoms with Gasteiger partial charge in [0.2, 0.25) is 0 Å². The zero-order chi connectivity index (χ0) is 20.1. The molecule has 0 spiro atoms. The standard InChI is InChI=1S/C21H19NO6/c1-3-27-15-10-8-14(9-11-15)22-12-18(21(25)28-13-19(23)26-2)16-6-4-5-7-17(16)20(22)24/h4-12H,3,13H2,1-2H3. The Labute approximate surface area is 161 Å². The Balaban J connectivity index is 2.08. The first-order valence-electron chi connectivity index (χ1n) is 8.66. The van der Waals surface area contributed by atoms with Gasteiger partial charge in [-0.05, 0) is 37.3 Å². The molecule has 0 N–H and O–H groups in total. The van der Waals surface area contributed by atoms with E-state index in [0.29, 0.717) is 28.8 Å². The number of benzene rings is 2. The third kappa shape index (κ3) is 3.88. The number of esters is 2. The predicted octanol–water partition coefficient (Wildman–Crippen LogP) is 2.72. The fraction of sp³-hybridized carbons (Fsp3) is 0.190. The highest BCUT2D eigenvalue weighted by Gasteiger charge is 2.18. The van der Waals surface area contributed by atoms with Crippen LogP contribution in [-0.4, -0.2) is 36.8 Å². The molecule has 1 aromatic heterocycles. The summed E-state index contributed by atoms with van der Waals surface area (Å²) in [5, 5.41) is 0.813. The summed E-state index contributed by atoms with van der Waals surface area (Å²) in [4.78, 5) is 36.8. The molecule has 0 amide bonds. The highest BCUT2D eigenvalue weighted by Crippen LogP contribution is 2.20. The van der Waals surface area contributed by atoms with Crippen LogP contribution in [0.25, 0.3) is 16.5 Å². The molecule has 0 aliphatic rings. The molecule has 7 heteroatoms. The lowest BCUT2D eigenvalue weighted by Crippen LogP contribution is -2.22. The molecule has 0 saturated heterocycles. The van der Waals surface area contributed by atoms with Crippen molar-refractivity contribution >= 4 is 22.7 Å². The van der Waals surface area contributed by atoms with Crippen LogP contribution >= 0.6 is 0 Å². The number of hydrogen-bond donors (Lipinski definition) is 0. The first kappa shape index (κ1) is 19.2. The van der Waals surface area contributed by atoms with Gasteiger partial charge in [-0.3, -0.25) is 9.36 Å². The monoisotopic (exact) mass is 381 g/mol. The average molecular weight is 381 g/mol. The summed E-state index contributed by atoms with van der Waals surface area (Å²) in [7, 11) is 1.21. The summed E-state index contributed by atoms with van der Waals surface area (Å²) in [5.41, 5.74) is 0.471. The van der Waals surface area contributed by atoms with E-state index >= 15 is 0 Å². The van der Waals surface area contributed by atoms with Gasteiger partial charge >= 0.3 is 11.9 Å². The SMILES string of the molecule is CCOc1ccc(-n2cc(C(=O)OCC(=O)OC)c3ccccc3c2=O)cc1. The first-order valence-corrected chi connectivity index (χ1v) is 8.66. The Morgan fingerprint density at radius 2 is 1.68 bits per heavy atom. The van der Waals surface area contributed by atoms with E-state index < -0.39 is 18.5 Å². The molecule has 0 radical (unpaired) electrons. The number of methoxy groups -OCH3 is 1. The van der Waals surface area contributed by atoms with E-state index in [-0.39, 0.29) is 11.1 Å². The van der Waals surface area contributed by atoms with Crippen LogP contribution in [0, 0.1) is 0 Å². The maximum absolute atomic E-state index is 12.9. The fourth-order valence-electron chi connectivity index (χ4n) is 2.78. The lowest BCUT2D eigenvalue weighted by Gasteiger charge is -2.12. The topological polar surface area (TPSA) is 83.8 Å². The molecule has 144 valence electrons. The van der Waals surface area contributed by atoms with Crippen molar-refractivity contribution in [1.82, 2.24) is 4.57 Å². The third-order valence-corrected chi connectivity index (χ3v) is 4.12. The minimum absolute atomic E-state index is 0.174. The van der Waals surface area contributed by atoms with Crippen LogP contribution < -0.4 is 10.3 Å². The predicted molar refractivity (Wildman–Crippen MR) is 103 cm³/mol. The van der Waals surface area contributed by atoms with Crippen LogP contribution in [0.5, 0.6) is 5.75 Å². The lowest BCUT2D eigenvalue weighted by atomic mass is 10.1. The molecule has 0 fully saturated rings. The average Bonchev–Trinajstić information content (AvgIpc) is 2.73. The quantitative estimate of drug-likeness (QED) is 0.611. The van der Waals surface area contributed by atoms with Crippen molar-refractivity contribution in [1.29, 1.82) is 0 Å². The van der Waals surface area contributed by atoms with Crippen molar-refractivity contribution in [3.63, 3.8) is 0 Å². The Morgan fingerprint density at radius 1 is 1.00 bits per heavy atom. The van der Waals surface area contributed by atoms with Crippen molar-refractivity contribution in [3.8, 4) is 11.4 Å². The second-order valence-electron chi connectivity index (χ2n) is 5.84. The van der Waals surface area contributed by atoms with Crippen molar-refractivity contribution < 1.29 is 23.8 Å². The number of nitrogens with zero attached hydrogens (tertiary/aromatic N) is 1. The molecule has 0 unspecified atom stereocenters. The minimum atomic E-state index is -0.721. The van der Waals surface area contributed by atoms with Crippen LogP contribution in [-0.2, 0) is 14.3 Å². The minimum Gasteiger partial charge on any atom is -0.494 e. The van der Waals surface area contributed by atoms with Crippen LogP contribution in [0.2, 0.25) is 0 Å². The molecule has 0 bridgehead atoms. The Hall–Kier alpha value is -3.61. The van der Waals surface area contributed by atoms with Gasteiger partial charge < -0.3 is 14.2 Å². The van der Waals surface area contributed by atoms with Crippen molar-refractivity contribution in [2.75, 3.05) is 20.3 Å². The maximum atomic E-state index is 12.9. The van der Waals surface area contributed by atoms with Gasteiger partial charge in [0, 0.05) is 22.7 Å². The van der Waals surface area contributed by atoms with E-state index in [1.165, 1.54) is 17.9 Å². The number of rotatable bonds is 6. The van der Waals surface area contributed by atoms with Crippen molar-refractivity contribution in [2.45, 2.75) is 6.92 Å². The van der Waals surface area contributed by atoms with Gasteiger partial charge in [0.1, 0.15) is 5.75 Å². The molecule has 28 heavy (non-hydrogen) atoms. The molecule has 1 heterocycles. The van der Waals surface area contributed by atoms with E-state index in [4.69, 9.17) is 9.47 Å². The Morgan fingerprint density at radius 3 is 2.32 bits per heavy atom. The van der Waals surface area contributed by atoms with Gasteiger partial charge in [0.15, 0.2) is 6.61 Å². The van der Waals surface area contributed by atoms with E-state index in [1.807, 2.05) is 6.92 Å². The highest BCUT2D eigenvalue weighted by atomic mass is 16.6. The van der Waals surface area contributed by atoms with E-state index in [1.54, 1.807) is 48.5 Å². The van der Waals surface area contributed by atoms with E-state index in [2.05, 4.69) is 4.74 Å². The fourth-order valence-corrected chi connectivity index (χ4v) is 2.78. The number of aromatic nitrogens is 1. The number of carbonyl (C=O) groups excluding carboxylic acids is 2. The molecule has 0 saturated carbocycles. The number of fused-ring (bicyclic) bond motifs is 1. The molecule has 0 aliphatic carbocycles. The summed E-state index contributed by atoms with van der Waals surface area (Å²) in [5.74, 6) is -0.712.